The summed E-state index contributed by atoms with van der Waals surface area (Å²) in [5.41, 5.74) is 0. The molecule has 0 heterocycles. The molecular weight excluding hydrogens is 573 g/mol. The third kappa shape index (κ3) is 21.9. The molecular formula is C21H24GaNSe3. The Labute approximate surface area is 196 Å². The van der Waals surface area contributed by atoms with Crippen LogP contribution in [0, 0.1) is 0 Å². The van der Waals surface area contributed by atoms with Gasteiger partial charge in [-0.15, -0.1) is 0 Å². The Bertz CT molecular complexity index is 543. The van der Waals surface area contributed by atoms with Gasteiger partial charge in [-0.2, -0.15) is 0 Å². The summed E-state index contributed by atoms with van der Waals surface area (Å²) in [6.07, 6.45) is 0. The number of benzene rings is 3. The van der Waals surface area contributed by atoms with Crippen molar-refractivity contribution in [3.8, 4) is 0 Å². The van der Waals surface area contributed by atoms with Gasteiger partial charge in [-0.25, -0.2) is 0 Å². The molecule has 0 N–H and O–H groups in total. The maximum absolute atomic E-state index is 2.90. The van der Waals surface area contributed by atoms with Crippen LogP contribution in [0.15, 0.2) is 91.0 Å². The van der Waals surface area contributed by atoms with Crippen LogP contribution in [0.4, 0.5) is 0 Å². The molecule has 1 nitrogen and oxygen atoms in total. The first kappa shape index (κ1) is 28.0. The van der Waals surface area contributed by atoms with Gasteiger partial charge in [0.05, 0.1) is 0 Å². The molecule has 3 aromatic rings. The molecule has 0 aliphatic rings. The van der Waals surface area contributed by atoms with E-state index in [1.165, 1.54) is 13.4 Å². The van der Waals surface area contributed by atoms with Crippen molar-refractivity contribution in [3.63, 3.8) is 0 Å². The van der Waals surface area contributed by atoms with Crippen LogP contribution in [-0.2, 0) is 0 Å². The molecule has 134 valence electrons. The third-order valence-corrected chi connectivity index (χ3v) is 3.94. The fourth-order valence-electron chi connectivity index (χ4n) is 1.26. The molecule has 5 heteroatoms. The summed E-state index contributed by atoms with van der Waals surface area (Å²) in [5.74, 6) is 0. The van der Waals surface area contributed by atoms with Gasteiger partial charge in [0.2, 0.25) is 0 Å². The van der Waals surface area contributed by atoms with E-state index in [0.717, 1.165) is 0 Å². The Morgan fingerprint density at radius 3 is 0.692 bits per heavy atom. The van der Waals surface area contributed by atoms with E-state index in [0.29, 0.717) is 0 Å². The van der Waals surface area contributed by atoms with Crippen molar-refractivity contribution in [1.82, 2.24) is 4.90 Å². The summed E-state index contributed by atoms with van der Waals surface area (Å²) < 4.78 is 3.59. The Hall–Kier alpha value is -0.185. The van der Waals surface area contributed by atoms with Crippen LogP contribution in [0.25, 0.3) is 0 Å². The van der Waals surface area contributed by atoms with E-state index in [4.69, 9.17) is 0 Å². The number of nitrogens with zero attached hydrogens (tertiary/aromatic N) is 1. The topological polar surface area (TPSA) is 3.24 Å². The average molecular weight is 597 g/mol. The van der Waals surface area contributed by atoms with Crippen molar-refractivity contribution >= 4 is 81.2 Å². The zero-order chi connectivity index (χ0) is 18.9. The van der Waals surface area contributed by atoms with Gasteiger partial charge >= 0.3 is 152 Å². The molecule has 0 spiro atoms. The monoisotopic (exact) mass is 599 g/mol. The van der Waals surface area contributed by atoms with Crippen molar-refractivity contribution in [2.45, 2.75) is 0 Å². The van der Waals surface area contributed by atoms with Gasteiger partial charge < -0.3 is 4.90 Å². The first-order valence-corrected chi connectivity index (χ1v) is 10.3. The normalized spacial score (nSPS) is 8.31. The summed E-state index contributed by atoms with van der Waals surface area (Å²) in [5, 5.41) is 0. The molecule has 3 aromatic carbocycles. The van der Waals surface area contributed by atoms with Gasteiger partial charge in [0, 0.05) is 19.8 Å². The van der Waals surface area contributed by atoms with Gasteiger partial charge in [0.25, 0.3) is 0 Å². The van der Waals surface area contributed by atoms with Gasteiger partial charge in [0.15, 0.2) is 0 Å². The molecule has 0 aliphatic carbocycles. The average Bonchev–Trinajstić information content (AvgIpc) is 2.58. The summed E-state index contributed by atoms with van der Waals surface area (Å²) in [6.45, 7) is 0. The fraction of sp³-hybridized carbons (Fsp3) is 0.143. The molecule has 0 aliphatic heterocycles. The Balaban J connectivity index is 0. The summed E-state index contributed by atoms with van der Waals surface area (Å²) in [4.78, 5) is 2.00. The zero-order valence-electron chi connectivity index (χ0n) is 15.4. The minimum atomic E-state index is 0. The van der Waals surface area contributed by atoms with E-state index in [1.807, 2.05) is 117 Å². The van der Waals surface area contributed by atoms with Gasteiger partial charge in [-0.3, -0.25) is 0 Å². The number of rotatable bonds is 0. The second kappa shape index (κ2) is 19.6. The predicted molar refractivity (Wildman–Crippen MR) is 121 cm³/mol. The van der Waals surface area contributed by atoms with Crippen LogP contribution in [-0.4, -0.2) is 93.9 Å². The van der Waals surface area contributed by atoms with E-state index >= 15 is 0 Å². The molecule has 26 heavy (non-hydrogen) atoms. The van der Waals surface area contributed by atoms with Crippen molar-refractivity contribution in [2.24, 2.45) is 0 Å². The minimum absolute atomic E-state index is 0. The molecule has 0 aromatic heterocycles. The fourth-order valence-corrected chi connectivity index (χ4v) is 2.25. The van der Waals surface area contributed by atoms with Crippen LogP contribution in [0.3, 0.4) is 0 Å². The van der Waals surface area contributed by atoms with Crippen LogP contribution in [0.2, 0.25) is 0 Å². The molecule has 0 unspecified atom stereocenters. The van der Waals surface area contributed by atoms with Crippen molar-refractivity contribution in [1.29, 1.82) is 0 Å². The molecule has 0 bridgehead atoms. The molecule has 0 saturated heterocycles. The van der Waals surface area contributed by atoms with Gasteiger partial charge in [-0.1, -0.05) is 0 Å². The third-order valence-electron chi connectivity index (χ3n) is 2.23. The van der Waals surface area contributed by atoms with E-state index < -0.39 is 0 Å². The summed E-state index contributed by atoms with van der Waals surface area (Å²) in [6, 6.07) is 30.2. The van der Waals surface area contributed by atoms with E-state index in [1.54, 1.807) is 0 Å². The van der Waals surface area contributed by atoms with Crippen molar-refractivity contribution < 1.29 is 0 Å². The molecule has 0 atom stereocenters. The summed E-state index contributed by atoms with van der Waals surface area (Å²) in [7, 11) is 6.00. The first-order chi connectivity index (χ1) is 11.9. The number of hydrogen-bond acceptors (Lipinski definition) is 1. The quantitative estimate of drug-likeness (QED) is 0.353. The van der Waals surface area contributed by atoms with Crippen LogP contribution in [0.1, 0.15) is 0 Å². The zero-order valence-corrected chi connectivity index (χ0v) is 23.0. The Kier molecular flexibility index (Phi) is 21.1. The maximum atomic E-state index is 2.90. The molecule has 0 saturated carbocycles. The van der Waals surface area contributed by atoms with Crippen molar-refractivity contribution in [3.05, 3.63) is 91.0 Å². The molecule has 0 amide bonds. The summed E-state index contributed by atoms with van der Waals surface area (Å²) >= 11 is 8.71. The number of hydrogen-bond donors (Lipinski definition) is 0. The van der Waals surface area contributed by atoms with E-state index in [2.05, 4.69) is 48.0 Å². The Morgan fingerprint density at radius 2 is 0.615 bits per heavy atom. The van der Waals surface area contributed by atoms with Gasteiger partial charge in [-0.05, 0) is 21.1 Å². The second-order valence-corrected chi connectivity index (χ2v) is 8.25. The SMILES string of the molecule is CN(C)C.[Ga].[Se]c1ccccc1.[Se]c1ccccc1.[Se]c1ccccc1. The Morgan fingerprint density at radius 1 is 0.462 bits per heavy atom. The molecule has 6 radical (unpaired) electrons. The van der Waals surface area contributed by atoms with Crippen molar-refractivity contribution in [2.75, 3.05) is 21.1 Å². The second-order valence-electron chi connectivity index (χ2n) is 5.28. The van der Waals surface area contributed by atoms with Crippen LogP contribution < -0.4 is 13.4 Å². The van der Waals surface area contributed by atoms with Crippen LogP contribution >= 0.6 is 0 Å². The van der Waals surface area contributed by atoms with E-state index in [9.17, 15) is 0 Å². The van der Waals surface area contributed by atoms with E-state index in [-0.39, 0.29) is 19.8 Å². The standard InChI is InChI=1S/3C6H5Se.C3H9N.Ga/c3*7-6-4-2-1-3-5-6;1-4(2)3;/h3*1-5H;1-3H3;. The molecule has 0 fully saturated rings. The van der Waals surface area contributed by atoms with Crippen LogP contribution in [0.5, 0.6) is 0 Å². The predicted octanol–water partition coefficient (Wildman–Crippen LogP) is 1.24. The molecule has 3 rings (SSSR count). The first-order valence-electron chi connectivity index (χ1n) is 7.69. The van der Waals surface area contributed by atoms with Gasteiger partial charge in [0.1, 0.15) is 0 Å².